The number of amides is 1. The minimum atomic E-state index is -1.03. The first kappa shape index (κ1) is 14.5. The largest absolute Gasteiger partial charge is 0.477 e. The zero-order valence-electron chi connectivity index (χ0n) is 11.8. The Kier molecular flexibility index (Phi) is 4.06. The third kappa shape index (κ3) is 2.94. The van der Waals surface area contributed by atoms with Gasteiger partial charge in [0.15, 0.2) is 5.69 Å². The molecule has 22 heavy (non-hydrogen) atoms. The SMILES string of the molecule is O=C(O)c1cccc(N2CCN(C(=O)c3ccsc3)CC2)n1. The van der Waals surface area contributed by atoms with Gasteiger partial charge >= 0.3 is 5.97 Å². The van der Waals surface area contributed by atoms with Crippen LogP contribution in [0.4, 0.5) is 5.82 Å². The number of hydrogen-bond acceptors (Lipinski definition) is 5. The lowest BCUT2D eigenvalue weighted by Gasteiger charge is -2.35. The van der Waals surface area contributed by atoms with Crippen molar-refractivity contribution in [2.75, 3.05) is 31.1 Å². The average molecular weight is 317 g/mol. The first-order chi connectivity index (χ1) is 10.6. The fourth-order valence-corrected chi connectivity index (χ4v) is 3.06. The van der Waals surface area contributed by atoms with Gasteiger partial charge in [-0.15, -0.1) is 0 Å². The number of thiophene rings is 1. The van der Waals surface area contributed by atoms with Gasteiger partial charge in [-0.1, -0.05) is 6.07 Å². The van der Waals surface area contributed by atoms with Gasteiger partial charge < -0.3 is 14.9 Å². The van der Waals surface area contributed by atoms with E-state index in [4.69, 9.17) is 5.11 Å². The minimum Gasteiger partial charge on any atom is -0.477 e. The molecule has 3 heterocycles. The van der Waals surface area contributed by atoms with Crippen molar-refractivity contribution in [2.24, 2.45) is 0 Å². The molecule has 3 rings (SSSR count). The lowest BCUT2D eigenvalue weighted by Crippen LogP contribution is -2.49. The number of hydrogen-bond donors (Lipinski definition) is 1. The van der Waals surface area contributed by atoms with Gasteiger partial charge in [-0.3, -0.25) is 4.79 Å². The molecule has 0 bridgehead atoms. The first-order valence-electron chi connectivity index (χ1n) is 6.92. The number of nitrogens with zero attached hydrogens (tertiary/aromatic N) is 3. The van der Waals surface area contributed by atoms with Gasteiger partial charge in [0.2, 0.25) is 0 Å². The quantitative estimate of drug-likeness (QED) is 0.934. The Bertz CT molecular complexity index is 679. The molecule has 1 aliphatic rings. The zero-order chi connectivity index (χ0) is 15.5. The van der Waals surface area contributed by atoms with Crippen molar-refractivity contribution in [3.63, 3.8) is 0 Å². The fourth-order valence-electron chi connectivity index (χ4n) is 2.43. The number of aromatic carboxylic acids is 1. The van der Waals surface area contributed by atoms with Crippen molar-refractivity contribution in [1.82, 2.24) is 9.88 Å². The maximum absolute atomic E-state index is 12.3. The van der Waals surface area contributed by atoms with Crippen LogP contribution in [0.15, 0.2) is 35.0 Å². The van der Waals surface area contributed by atoms with Crippen molar-refractivity contribution >= 4 is 29.0 Å². The molecule has 1 saturated heterocycles. The number of carbonyl (C=O) groups excluding carboxylic acids is 1. The van der Waals surface area contributed by atoms with Gasteiger partial charge in [0.1, 0.15) is 5.82 Å². The summed E-state index contributed by atoms with van der Waals surface area (Å²) in [7, 11) is 0. The van der Waals surface area contributed by atoms with E-state index in [9.17, 15) is 9.59 Å². The van der Waals surface area contributed by atoms with E-state index in [2.05, 4.69) is 4.98 Å². The maximum Gasteiger partial charge on any atom is 0.354 e. The number of carboxylic acids is 1. The van der Waals surface area contributed by atoms with E-state index in [0.29, 0.717) is 32.0 Å². The van der Waals surface area contributed by atoms with E-state index in [1.54, 1.807) is 12.1 Å². The van der Waals surface area contributed by atoms with Crippen LogP contribution < -0.4 is 4.90 Å². The standard InChI is InChI=1S/C15H15N3O3S/c19-14(11-4-9-22-10-11)18-7-5-17(6-8-18)13-3-1-2-12(16-13)15(20)21/h1-4,9-10H,5-8H2,(H,20,21). The van der Waals surface area contributed by atoms with E-state index in [-0.39, 0.29) is 11.6 Å². The summed E-state index contributed by atoms with van der Waals surface area (Å²) in [4.78, 5) is 31.2. The maximum atomic E-state index is 12.3. The number of rotatable bonds is 3. The van der Waals surface area contributed by atoms with Crippen LogP contribution in [0.5, 0.6) is 0 Å². The van der Waals surface area contributed by atoms with Crippen LogP contribution in [-0.2, 0) is 0 Å². The predicted molar refractivity (Wildman–Crippen MR) is 83.6 cm³/mol. The normalized spacial score (nSPS) is 14.9. The second-order valence-corrected chi connectivity index (χ2v) is 5.76. The van der Waals surface area contributed by atoms with Crippen molar-refractivity contribution < 1.29 is 14.7 Å². The molecule has 0 aromatic carbocycles. The number of carboxylic acid groups (broad SMARTS) is 1. The van der Waals surface area contributed by atoms with Crippen molar-refractivity contribution in [1.29, 1.82) is 0 Å². The molecule has 0 spiro atoms. The summed E-state index contributed by atoms with van der Waals surface area (Å²) in [6.45, 7) is 2.50. The van der Waals surface area contributed by atoms with Crippen molar-refractivity contribution in [3.05, 3.63) is 46.3 Å². The predicted octanol–water partition coefficient (Wildman–Crippen LogP) is 1.80. The van der Waals surface area contributed by atoms with Gasteiger partial charge in [-0.2, -0.15) is 11.3 Å². The third-order valence-electron chi connectivity index (χ3n) is 3.61. The molecule has 1 fully saturated rings. The average Bonchev–Trinajstić information content (AvgIpc) is 3.09. The molecule has 2 aromatic heterocycles. The van der Waals surface area contributed by atoms with Crippen LogP contribution in [0.2, 0.25) is 0 Å². The molecule has 0 radical (unpaired) electrons. The number of pyridine rings is 1. The summed E-state index contributed by atoms with van der Waals surface area (Å²) in [5.74, 6) is -0.344. The molecule has 6 nitrogen and oxygen atoms in total. The third-order valence-corrected chi connectivity index (χ3v) is 4.30. The second kappa shape index (κ2) is 6.15. The fraction of sp³-hybridized carbons (Fsp3) is 0.267. The molecule has 0 atom stereocenters. The summed E-state index contributed by atoms with van der Waals surface area (Å²) >= 11 is 1.51. The highest BCUT2D eigenvalue weighted by atomic mass is 32.1. The van der Waals surface area contributed by atoms with E-state index in [1.807, 2.05) is 26.6 Å². The van der Waals surface area contributed by atoms with Crippen LogP contribution in [0, 0.1) is 0 Å². The van der Waals surface area contributed by atoms with Crippen molar-refractivity contribution in [3.8, 4) is 0 Å². The van der Waals surface area contributed by atoms with E-state index in [0.717, 1.165) is 5.56 Å². The lowest BCUT2D eigenvalue weighted by molar-refractivity contribution is 0.0690. The van der Waals surface area contributed by atoms with Gasteiger partial charge in [0, 0.05) is 31.6 Å². The smallest absolute Gasteiger partial charge is 0.354 e. The van der Waals surface area contributed by atoms with Gasteiger partial charge in [0.05, 0.1) is 5.56 Å². The second-order valence-electron chi connectivity index (χ2n) is 4.98. The van der Waals surface area contributed by atoms with Gasteiger partial charge in [0.25, 0.3) is 5.91 Å². The topological polar surface area (TPSA) is 73.7 Å². The summed E-state index contributed by atoms with van der Waals surface area (Å²) in [5, 5.41) is 12.7. The van der Waals surface area contributed by atoms with Crippen LogP contribution >= 0.6 is 11.3 Å². The first-order valence-corrected chi connectivity index (χ1v) is 7.86. The van der Waals surface area contributed by atoms with Crippen LogP contribution in [-0.4, -0.2) is 53.0 Å². The van der Waals surface area contributed by atoms with Crippen LogP contribution in [0.3, 0.4) is 0 Å². The summed E-state index contributed by atoms with van der Waals surface area (Å²) in [5.41, 5.74) is 0.763. The number of aromatic nitrogens is 1. The zero-order valence-corrected chi connectivity index (χ0v) is 12.6. The molecular formula is C15H15N3O3S. The highest BCUT2D eigenvalue weighted by Crippen LogP contribution is 2.16. The van der Waals surface area contributed by atoms with Crippen molar-refractivity contribution in [2.45, 2.75) is 0 Å². The number of carbonyl (C=O) groups is 2. The van der Waals surface area contributed by atoms with Gasteiger partial charge in [-0.05, 0) is 23.6 Å². The molecule has 1 aliphatic heterocycles. The van der Waals surface area contributed by atoms with E-state index < -0.39 is 5.97 Å². The number of piperazine rings is 1. The van der Waals surface area contributed by atoms with Crippen LogP contribution in [0.25, 0.3) is 0 Å². The summed E-state index contributed by atoms with van der Waals surface area (Å²) in [6.07, 6.45) is 0. The Morgan fingerprint density at radius 1 is 1.14 bits per heavy atom. The molecular weight excluding hydrogens is 302 g/mol. The Hall–Kier alpha value is -2.41. The molecule has 1 amide bonds. The number of anilines is 1. The van der Waals surface area contributed by atoms with Gasteiger partial charge in [-0.25, -0.2) is 9.78 Å². The highest BCUT2D eigenvalue weighted by molar-refractivity contribution is 7.08. The Labute approximate surface area is 131 Å². The minimum absolute atomic E-state index is 0.0364. The summed E-state index contributed by atoms with van der Waals surface area (Å²) < 4.78 is 0. The lowest BCUT2D eigenvalue weighted by atomic mass is 10.2. The molecule has 1 N–H and O–H groups in total. The van der Waals surface area contributed by atoms with E-state index >= 15 is 0 Å². The van der Waals surface area contributed by atoms with E-state index in [1.165, 1.54) is 17.4 Å². The Balaban J connectivity index is 1.65. The molecule has 7 heteroatoms. The Morgan fingerprint density at radius 2 is 1.91 bits per heavy atom. The molecule has 0 unspecified atom stereocenters. The Morgan fingerprint density at radius 3 is 2.55 bits per heavy atom. The van der Waals surface area contributed by atoms with Crippen LogP contribution in [0.1, 0.15) is 20.8 Å². The molecule has 114 valence electrons. The monoisotopic (exact) mass is 317 g/mol. The molecule has 2 aromatic rings. The molecule has 0 saturated carbocycles. The summed E-state index contributed by atoms with van der Waals surface area (Å²) in [6, 6.07) is 6.79. The molecule has 0 aliphatic carbocycles. The highest BCUT2D eigenvalue weighted by Gasteiger charge is 2.23.